The van der Waals surface area contributed by atoms with Crippen LogP contribution in [0.1, 0.15) is 58.3 Å². The summed E-state index contributed by atoms with van der Waals surface area (Å²) in [6, 6.07) is 0. The van der Waals surface area contributed by atoms with E-state index in [9.17, 15) is 0 Å². The Bertz CT molecular complexity index is 207. The fourth-order valence-corrected chi connectivity index (χ4v) is 1.83. The minimum absolute atomic E-state index is 0.857. The van der Waals surface area contributed by atoms with Crippen molar-refractivity contribution in [1.29, 1.82) is 0 Å². The lowest BCUT2D eigenvalue weighted by Gasteiger charge is -2.06. The zero-order valence-corrected chi connectivity index (χ0v) is 10.0. The molecule has 1 heterocycles. The maximum absolute atomic E-state index is 4.60. The molecule has 0 aliphatic carbocycles. The van der Waals surface area contributed by atoms with Gasteiger partial charge in [-0.05, 0) is 25.5 Å². The highest BCUT2D eigenvalue weighted by molar-refractivity contribution is 5.91. The van der Waals surface area contributed by atoms with Crippen molar-refractivity contribution < 1.29 is 0 Å². The molecule has 0 aromatic rings. The third-order valence-electron chi connectivity index (χ3n) is 2.81. The van der Waals surface area contributed by atoms with Crippen LogP contribution >= 0.6 is 0 Å². The molecule has 2 heteroatoms. The van der Waals surface area contributed by atoms with Gasteiger partial charge in [-0.25, -0.2) is 0 Å². The van der Waals surface area contributed by atoms with Crippen LogP contribution in [0.25, 0.3) is 0 Å². The number of hydrogen-bond donors (Lipinski definition) is 0. The highest BCUT2D eigenvalue weighted by Gasteiger charge is 2.00. The van der Waals surface area contributed by atoms with Crippen LogP contribution in [0, 0.1) is 0 Å². The van der Waals surface area contributed by atoms with Crippen LogP contribution in [-0.4, -0.2) is 25.0 Å². The molecule has 1 aliphatic rings. The monoisotopic (exact) mass is 208 g/mol. The SMILES string of the molecule is CCCCCCCCN=C1CCC=NC1. The van der Waals surface area contributed by atoms with E-state index in [1.807, 2.05) is 6.21 Å². The number of aliphatic imine (C=N–C) groups is 2. The third kappa shape index (κ3) is 6.43. The van der Waals surface area contributed by atoms with Crippen LogP contribution in [0.4, 0.5) is 0 Å². The second-order valence-corrected chi connectivity index (χ2v) is 4.28. The summed E-state index contributed by atoms with van der Waals surface area (Å²) in [6.45, 7) is 4.14. The van der Waals surface area contributed by atoms with Crippen LogP contribution in [0.5, 0.6) is 0 Å². The lowest BCUT2D eigenvalue weighted by molar-refractivity contribution is 0.612. The minimum Gasteiger partial charge on any atom is -0.292 e. The molecule has 0 unspecified atom stereocenters. The molecule has 2 nitrogen and oxygen atoms in total. The normalized spacial score (nSPS) is 18.6. The van der Waals surface area contributed by atoms with E-state index >= 15 is 0 Å². The summed E-state index contributed by atoms with van der Waals surface area (Å²) in [5.41, 5.74) is 1.31. The molecule has 86 valence electrons. The van der Waals surface area contributed by atoms with Gasteiger partial charge in [0.05, 0.1) is 6.54 Å². The molecule has 0 fully saturated rings. The van der Waals surface area contributed by atoms with Crippen molar-refractivity contribution in [3.8, 4) is 0 Å². The zero-order chi connectivity index (χ0) is 10.8. The molecular weight excluding hydrogens is 184 g/mol. The Balaban J connectivity index is 1.94. The first-order valence-corrected chi connectivity index (χ1v) is 6.44. The van der Waals surface area contributed by atoms with Gasteiger partial charge in [0.2, 0.25) is 0 Å². The van der Waals surface area contributed by atoms with Crippen molar-refractivity contribution in [3.05, 3.63) is 0 Å². The second kappa shape index (κ2) is 8.63. The summed E-state index contributed by atoms with van der Waals surface area (Å²) >= 11 is 0. The van der Waals surface area contributed by atoms with Gasteiger partial charge < -0.3 is 0 Å². The van der Waals surface area contributed by atoms with E-state index in [0.717, 1.165) is 25.9 Å². The quantitative estimate of drug-likeness (QED) is 0.570. The van der Waals surface area contributed by atoms with Gasteiger partial charge in [-0.3, -0.25) is 9.98 Å². The van der Waals surface area contributed by atoms with Crippen LogP contribution in [-0.2, 0) is 0 Å². The summed E-state index contributed by atoms with van der Waals surface area (Å²) in [5.74, 6) is 0. The Morgan fingerprint density at radius 1 is 1.20 bits per heavy atom. The van der Waals surface area contributed by atoms with E-state index in [-0.39, 0.29) is 0 Å². The molecule has 0 saturated carbocycles. The molecule has 0 N–H and O–H groups in total. The Morgan fingerprint density at radius 2 is 2.00 bits per heavy atom. The van der Waals surface area contributed by atoms with Gasteiger partial charge in [-0.15, -0.1) is 0 Å². The standard InChI is InChI=1S/C13H24N2/c1-2-3-4-5-6-7-11-15-13-9-8-10-14-12-13/h10H,2-9,11-12H2,1H3. The lowest BCUT2D eigenvalue weighted by Crippen LogP contribution is -2.09. The first-order chi connectivity index (χ1) is 7.43. The van der Waals surface area contributed by atoms with Crippen molar-refractivity contribution in [1.82, 2.24) is 0 Å². The van der Waals surface area contributed by atoms with Crippen LogP contribution < -0.4 is 0 Å². The number of hydrogen-bond acceptors (Lipinski definition) is 2. The predicted molar refractivity (Wildman–Crippen MR) is 68.3 cm³/mol. The van der Waals surface area contributed by atoms with Crippen molar-refractivity contribution in [2.24, 2.45) is 9.98 Å². The average Bonchev–Trinajstić information content (AvgIpc) is 2.29. The summed E-state index contributed by atoms with van der Waals surface area (Å²) < 4.78 is 0. The first-order valence-electron chi connectivity index (χ1n) is 6.44. The molecular formula is C13H24N2. The molecule has 0 aromatic carbocycles. The minimum atomic E-state index is 0.857. The second-order valence-electron chi connectivity index (χ2n) is 4.28. The van der Waals surface area contributed by atoms with E-state index in [1.54, 1.807) is 0 Å². The van der Waals surface area contributed by atoms with E-state index in [0.29, 0.717) is 0 Å². The molecule has 0 aromatic heterocycles. The average molecular weight is 208 g/mol. The maximum Gasteiger partial charge on any atom is 0.0764 e. The third-order valence-corrected chi connectivity index (χ3v) is 2.81. The van der Waals surface area contributed by atoms with Crippen molar-refractivity contribution in [3.63, 3.8) is 0 Å². The number of nitrogens with zero attached hydrogens (tertiary/aromatic N) is 2. The summed E-state index contributed by atoms with van der Waals surface area (Å²) in [5, 5.41) is 0. The van der Waals surface area contributed by atoms with Gasteiger partial charge in [0.15, 0.2) is 0 Å². The molecule has 15 heavy (non-hydrogen) atoms. The van der Waals surface area contributed by atoms with Gasteiger partial charge in [-0.1, -0.05) is 39.0 Å². The largest absolute Gasteiger partial charge is 0.292 e. The molecule has 0 spiro atoms. The zero-order valence-electron chi connectivity index (χ0n) is 10.0. The molecule has 0 atom stereocenters. The smallest absolute Gasteiger partial charge is 0.0764 e. The van der Waals surface area contributed by atoms with Gasteiger partial charge in [0, 0.05) is 12.3 Å². The number of rotatable bonds is 7. The van der Waals surface area contributed by atoms with Crippen LogP contribution in [0.3, 0.4) is 0 Å². The summed E-state index contributed by atoms with van der Waals surface area (Å²) in [6.07, 6.45) is 12.4. The molecule has 0 saturated heterocycles. The van der Waals surface area contributed by atoms with E-state index in [2.05, 4.69) is 16.9 Å². The summed E-state index contributed by atoms with van der Waals surface area (Å²) in [4.78, 5) is 8.85. The van der Waals surface area contributed by atoms with Crippen molar-refractivity contribution in [2.75, 3.05) is 13.1 Å². The fourth-order valence-electron chi connectivity index (χ4n) is 1.83. The molecule has 1 aliphatic heterocycles. The Kier molecular flexibility index (Phi) is 7.14. The number of unbranched alkanes of at least 4 members (excludes halogenated alkanes) is 5. The predicted octanol–water partition coefficient (Wildman–Crippen LogP) is 3.65. The molecule has 0 radical (unpaired) electrons. The Morgan fingerprint density at radius 3 is 2.73 bits per heavy atom. The fraction of sp³-hybridized carbons (Fsp3) is 0.846. The van der Waals surface area contributed by atoms with E-state index in [4.69, 9.17) is 0 Å². The topological polar surface area (TPSA) is 24.7 Å². The van der Waals surface area contributed by atoms with Gasteiger partial charge in [0.25, 0.3) is 0 Å². The van der Waals surface area contributed by atoms with E-state index < -0.39 is 0 Å². The van der Waals surface area contributed by atoms with Crippen LogP contribution in [0.2, 0.25) is 0 Å². The van der Waals surface area contributed by atoms with Gasteiger partial charge >= 0.3 is 0 Å². The Hall–Kier alpha value is -0.660. The molecule has 1 rings (SSSR count). The van der Waals surface area contributed by atoms with Gasteiger partial charge in [-0.2, -0.15) is 0 Å². The Labute approximate surface area is 93.9 Å². The van der Waals surface area contributed by atoms with Crippen molar-refractivity contribution in [2.45, 2.75) is 58.3 Å². The highest BCUT2D eigenvalue weighted by atomic mass is 14.8. The van der Waals surface area contributed by atoms with Crippen molar-refractivity contribution >= 4 is 11.9 Å². The van der Waals surface area contributed by atoms with Crippen LogP contribution in [0.15, 0.2) is 9.98 Å². The highest BCUT2D eigenvalue weighted by Crippen LogP contribution is 2.05. The first kappa shape index (κ1) is 12.4. The maximum atomic E-state index is 4.60. The molecule has 0 bridgehead atoms. The summed E-state index contributed by atoms with van der Waals surface area (Å²) in [7, 11) is 0. The van der Waals surface area contributed by atoms with E-state index in [1.165, 1.54) is 44.2 Å². The lowest BCUT2D eigenvalue weighted by atomic mass is 10.1. The van der Waals surface area contributed by atoms with Gasteiger partial charge in [0.1, 0.15) is 0 Å². The molecule has 0 amide bonds.